The van der Waals surface area contributed by atoms with E-state index >= 15 is 0 Å². The lowest BCUT2D eigenvalue weighted by molar-refractivity contribution is -0.896. The van der Waals surface area contributed by atoms with Gasteiger partial charge in [-0.15, -0.1) is 0 Å². The summed E-state index contributed by atoms with van der Waals surface area (Å²) in [6.07, 6.45) is 7.41. The summed E-state index contributed by atoms with van der Waals surface area (Å²) >= 11 is 0. The van der Waals surface area contributed by atoms with Crippen LogP contribution in [0.3, 0.4) is 0 Å². The number of carbonyl (C=O) groups is 1. The molecule has 0 bridgehead atoms. The van der Waals surface area contributed by atoms with Gasteiger partial charge in [0, 0.05) is 12.6 Å². The molecule has 0 radical (unpaired) electrons. The van der Waals surface area contributed by atoms with Crippen molar-refractivity contribution in [3.63, 3.8) is 0 Å². The lowest BCUT2D eigenvalue weighted by Gasteiger charge is -2.44. The third-order valence-electron chi connectivity index (χ3n) is 6.98. The van der Waals surface area contributed by atoms with Crippen LogP contribution in [0.2, 0.25) is 0 Å². The van der Waals surface area contributed by atoms with E-state index in [0.717, 1.165) is 24.9 Å². The summed E-state index contributed by atoms with van der Waals surface area (Å²) in [4.78, 5) is 16.4. The van der Waals surface area contributed by atoms with Gasteiger partial charge in [-0.1, -0.05) is 43.2 Å². The molecule has 0 aromatic heterocycles. The molecule has 1 aromatic carbocycles. The van der Waals surface area contributed by atoms with E-state index in [4.69, 9.17) is 0 Å². The summed E-state index contributed by atoms with van der Waals surface area (Å²) in [5.74, 6) is 1.03. The predicted octanol–water partition coefficient (Wildman–Crippen LogP) is 0.898. The number of nitrogens with one attached hydrogen (secondary N) is 1. The van der Waals surface area contributed by atoms with Gasteiger partial charge in [0.2, 0.25) is 10.0 Å². The highest BCUT2D eigenvalue weighted by atomic mass is 32.2. The number of sulfonamides is 1. The van der Waals surface area contributed by atoms with Crippen LogP contribution >= 0.6 is 0 Å². The number of carbonyl (C=O) groups excluding carboxylic acids is 1. The van der Waals surface area contributed by atoms with Gasteiger partial charge in [0.15, 0.2) is 6.54 Å². The number of fused-ring (bicyclic) bond motifs is 1. The molecule has 3 aliphatic rings. The fourth-order valence-electron chi connectivity index (χ4n) is 5.38. The number of piperidine rings is 1. The van der Waals surface area contributed by atoms with E-state index in [1.165, 1.54) is 30.6 Å². The van der Waals surface area contributed by atoms with Crippen LogP contribution in [0, 0.1) is 5.92 Å². The van der Waals surface area contributed by atoms with E-state index in [-0.39, 0.29) is 11.7 Å². The number of quaternary nitrogens is 1. The summed E-state index contributed by atoms with van der Waals surface area (Å²) in [7, 11) is -3.30. The number of hydrogen-bond acceptors (Lipinski definition) is 3. The number of nitrogens with zero attached hydrogens (tertiary/aromatic N) is 2. The third kappa shape index (κ3) is 5.01. The van der Waals surface area contributed by atoms with E-state index in [1.807, 2.05) is 30.3 Å². The Morgan fingerprint density at radius 2 is 1.66 bits per heavy atom. The van der Waals surface area contributed by atoms with Crippen molar-refractivity contribution in [3.8, 4) is 0 Å². The summed E-state index contributed by atoms with van der Waals surface area (Å²) in [5.41, 5.74) is 0.824. The van der Waals surface area contributed by atoms with Gasteiger partial charge in [0.25, 0.3) is 5.91 Å². The Balaban J connectivity index is 1.29. The molecule has 7 heteroatoms. The Morgan fingerprint density at radius 1 is 0.966 bits per heavy atom. The van der Waals surface area contributed by atoms with E-state index in [9.17, 15) is 13.2 Å². The summed E-state index contributed by atoms with van der Waals surface area (Å²) in [6, 6.07) is 9.81. The van der Waals surface area contributed by atoms with Crippen LogP contribution in [-0.2, 0) is 20.6 Å². The Morgan fingerprint density at radius 3 is 2.41 bits per heavy atom. The normalized spacial score (nSPS) is 26.8. The molecule has 2 aliphatic heterocycles. The van der Waals surface area contributed by atoms with Gasteiger partial charge >= 0.3 is 0 Å². The van der Waals surface area contributed by atoms with Crippen molar-refractivity contribution in [2.24, 2.45) is 5.92 Å². The zero-order chi connectivity index (χ0) is 20.3. The van der Waals surface area contributed by atoms with Crippen LogP contribution in [0.1, 0.15) is 44.1 Å². The standard InChI is InChI=1S/C22H33N3O3S/c26-22(25-12-6-10-20-9-4-5-11-21(20)25)17-23-13-15-24(16-14-23)29(27,28)18-19-7-2-1-3-8-19/h1-3,7-8,20-21H,4-6,9-18H2/p+1/t20-,21-/m0/s1. The molecule has 4 rings (SSSR count). The van der Waals surface area contributed by atoms with Crippen molar-refractivity contribution in [2.45, 2.75) is 50.3 Å². The average Bonchev–Trinajstić information content (AvgIpc) is 2.74. The van der Waals surface area contributed by atoms with Gasteiger partial charge in [-0.3, -0.25) is 4.79 Å². The fourth-order valence-corrected chi connectivity index (χ4v) is 6.92. The molecule has 160 valence electrons. The molecule has 1 amide bonds. The lowest BCUT2D eigenvalue weighted by atomic mass is 9.78. The number of amides is 1. The Labute approximate surface area is 174 Å². The highest BCUT2D eigenvalue weighted by Crippen LogP contribution is 2.35. The number of rotatable bonds is 5. The molecule has 1 saturated carbocycles. The van der Waals surface area contributed by atoms with Crippen LogP contribution < -0.4 is 4.90 Å². The molecule has 2 heterocycles. The minimum absolute atomic E-state index is 0.0545. The number of likely N-dealkylation sites (tertiary alicyclic amines) is 1. The first-order valence-corrected chi connectivity index (χ1v) is 12.8. The van der Waals surface area contributed by atoms with Crippen molar-refractivity contribution in [1.29, 1.82) is 0 Å². The van der Waals surface area contributed by atoms with Gasteiger partial charge in [-0.2, -0.15) is 4.31 Å². The first-order chi connectivity index (χ1) is 14.0. The van der Waals surface area contributed by atoms with Crippen LogP contribution in [0.4, 0.5) is 0 Å². The van der Waals surface area contributed by atoms with Crippen molar-refractivity contribution in [3.05, 3.63) is 35.9 Å². The molecule has 1 aliphatic carbocycles. The predicted molar refractivity (Wildman–Crippen MR) is 113 cm³/mol. The number of piperazine rings is 1. The first kappa shape index (κ1) is 20.8. The molecule has 0 spiro atoms. The quantitative estimate of drug-likeness (QED) is 0.770. The minimum Gasteiger partial charge on any atom is -0.335 e. The monoisotopic (exact) mass is 420 g/mol. The molecular formula is C22H34N3O3S+. The molecule has 1 aromatic rings. The number of benzene rings is 1. The van der Waals surface area contributed by atoms with Crippen molar-refractivity contribution >= 4 is 15.9 Å². The second kappa shape index (κ2) is 9.14. The van der Waals surface area contributed by atoms with Crippen LogP contribution in [0.5, 0.6) is 0 Å². The second-order valence-electron chi connectivity index (χ2n) is 8.91. The highest BCUT2D eigenvalue weighted by Gasteiger charge is 2.37. The van der Waals surface area contributed by atoms with Crippen molar-refractivity contribution < 1.29 is 18.1 Å². The first-order valence-electron chi connectivity index (χ1n) is 11.2. The van der Waals surface area contributed by atoms with Crippen LogP contribution in [0.15, 0.2) is 30.3 Å². The molecule has 1 N–H and O–H groups in total. The smallest absolute Gasteiger partial charge is 0.278 e. The molecule has 3 fully saturated rings. The maximum atomic E-state index is 13.0. The zero-order valence-corrected chi connectivity index (χ0v) is 18.1. The SMILES string of the molecule is O=C(C[NH+]1CCN(S(=O)(=O)Cc2ccccc2)CC1)N1CCC[C@@H]2CCCC[C@@H]21. The van der Waals surface area contributed by atoms with E-state index in [1.54, 1.807) is 4.31 Å². The molecule has 29 heavy (non-hydrogen) atoms. The van der Waals surface area contributed by atoms with Crippen LogP contribution in [-0.4, -0.2) is 68.8 Å². The lowest BCUT2D eigenvalue weighted by Crippen LogP contribution is -3.15. The molecular weight excluding hydrogens is 386 g/mol. The van der Waals surface area contributed by atoms with Crippen LogP contribution in [0.25, 0.3) is 0 Å². The average molecular weight is 421 g/mol. The molecule has 2 atom stereocenters. The summed E-state index contributed by atoms with van der Waals surface area (Å²) in [6.45, 7) is 3.84. The van der Waals surface area contributed by atoms with Gasteiger partial charge in [0.1, 0.15) is 0 Å². The zero-order valence-electron chi connectivity index (χ0n) is 17.3. The van der Waals surface area contributed by atoms with Gasteiger partial charge in [0.05, 0.1) is 31.9 Å². The third-order valence-corrected chi connectivity index (χ3v) is 8.83. The van der Waals surface area contributed by atoms with Gasteiger partial charge in [-0.05, 0) is 37.2 Å². The van der Waals surface area contributed by atoms with Gasteiger partial charge < -0.3 is 9.80 Å². The second-order valence-corrected chi connectivity index (χ2v) is 10.9. The maximum Gasteiger partial charge on any atom is 0.278 e. The van der Waals surface area contributed by atoms with Gasteiger partial charge in [-0.25, -0.2) is 8.42 Å². The van der Waals surface area contributed by atoms with E-state index < -0.39 is 10.0 Å². The minimum atomic E-state index is -3.30. The molecule has 2 saturated heterocycles. The highest BCUT2D eigenvalue weighted by molar-refractivity contribution is 7.88. The summed E-state index contributed by atoms with van der Waals surface area (Å²) < 4.78 is 27.1. The topological polar surface area (TPSA) is 62.1 Å². The maximum absolute atomic E-state index is 13.0. The summed E-state index contributed by atoms with van der Waals surface area (Å²) in [5, 5.41) is 0. The fraction of sp³-hybridized carbons (Fsp3) is 0.682. The van der Waals surface area contributed by atoms with Crippen molar-refractivity contribution in [1.82, 2.24) is 9.21 Å². The van der Waals surface area contributed by atoms with Crippen molar-refractivity contribution in [2.75, 3.05) is 39.3 Å². The Hall–Kier alpha value is -1.44. The molecule has 6 nitrogen and oxygen atoms in total. The Kier molecular flexibility index (Phi) is 6.56. The van der Waals surface area contributed by atoms with E-state index in [2.05, 4.69) is 4.90 Å². The van der Waals surface area contributed by atoms with E-state index in [0.29, 0.717) is 44.7 Å². The Bertz CT molecular complexity index is 789. The number of hydrogen-bond donors (Lipinski definition) is 1. The molecule has 0 unspecified atom stereocenters. The largest absolute Gasteiger partial charge is 0.335 e.